The summed E-state index contributed by atoms with van der Waals surface area (Å²) in [4.78, 5) is 23.4. The average molecular weight is 237 g/mol. The normalized spacial score (nSPS) is 12.8. The van der Waals surface area contributed by atoms with Gasteiger partial charge in [0.25, 0.3) is 0 Å². The van der Waals surface area contributed by atoms with Crippen LogP contribution < -0.4 is 5.73 Å². The van der Waals surface area contributed by atoms with Crippen LogP contribution in [0.1, 0.15) is 37.4 Å². The molecule has 0 heterocycles. The molecule has 3 nitrogen and oxygen atoms in total. The standard InChI is InChI=1S/C15H11NO2/c16-15(18)10-5-6-13-11(8-10)7-9-3-1-2-4-12(9)14(13)17/h1-6,8H,7H2,(H2,16,18). The fourth-order valence-electron chi connectivity index (χ4n) is 2.36. The van der Waals surface area contributed by atoms with Gasteiger partial charge in [-0.3, -0.25) is 9.59 Å². The van der Waals surface area contributed by atoms with Gasteiger partial charge in [-0.1, -0.05) is 24.3 Å². The Morgan fingerprint density at radius 1 is 1.00 bits per heavy atom. The van der Waals surface area contributed by atoms with Crippen LogP contribution in [0, 0.1) is 0 Å². The molecule has 0 aliphatic heterocycles. The van der Waals surface area contributed by atoms with E-state index >= 15 is 0 Å². The third kappa shape index (κ3) is 1.52. The second kappa shape index (κ2) is 3.81. The zero-order valence-electron chi connectivity index (χ0n) is 9.64. The topological polar surface area (TPSA) is 60.2 Å². The van der Waals surface area contributed by atoms with Crippen molar-refractivity contribution < 1.29 is 9.59 Å². The Balaban J connectivity index is 2.16. The first-order valence-electron chi connectivity index (χ1n) is 5.72. The molecule has 0 saturated carbocycles. The monoisotopic (exact) mass is 237 g/mol. The van der Waals surface area contributed by atoms with E-state index in [9.17, 15) is 9.59 Å². The minimum absolute atomic E-state index is 0.0165. The lowest BCUT2D eigenvalue weighted by Gasteiger charge is -2.18. The summed E-state index contributed by atoms with van der Waals surface area (Å²) in [5.74, 6) is -0.452. The highest BCUT2D eigenvalue weighted by atomic mass is 16.1. The highest BCUT2D eigenvalue weighted by Gasteiger charge is 2.23. The van der Waals surface area contributed by atoms with Gasteiger partial charge in [0.15, 0.2) is 5.78 Å². The smallest absolute Gasteiger partial charge is 0.248 e. The van der Waals surface area contributed by atoms with Crippen LogP contribution in [0.5, 0.6) is 0 Å². The highest BCUT2D eigenvalue weighted by molar-refractivity contribution is 6.12. The Morgan fingerprint density at radius 2 is 1.72 bits per heavy atom. The van der Waals surface area contributed by atoms with Crippen LogP contribution in [-0.4, -0.2) is 11.7 Å². The van der Waals surface area contributed by atoms with Crippen molar-refractivity contribution >= 4 is 11.7 Å². The van der Waals surface area contributed by atoms with Crippen LogP contribution in [0.25, 0.3) is 0 Å². The van der Waals surface area contributed by atoms with Crippen LogP contribution in [0.2, 0.25) is 0 Å². The first-order valence-corrected chi connectivity index (χ1v) is 5.72. The van der Waals surface area contributed by atoms with Gasteiger partial charge in [0.05, 0.1) is 0 Å². The van der Waals surface area contributed by atoms with Gasteiger partial charge in [0.1, 0.15) is 0 Å². The van der Waals surface area contributed by atoms with Crippen molar-refractivity contribution in [3.8, 4) is 0 Å². The lowest BCUT2D eigenvalue weighted by molar-refractivity contribution is 0.0996. The number of carbonyl (C=O) groups excluding carboxylic acids is 2. The number of primary amides is 1. The maximum absolute atomic E-state index is 12.3. The molecular weight excluding hydrogens is 226 g/mol. The average Bonchev–Trinajstić information content (AvgIpc) is 2.38. The number of benzene rings is 2. The molecule has 2 aromatic rings. The van der Waals surface area contributed by atoms with Crippen molar-refractivity contribution in [1.29, 1.82) is 0 Å². The second-order valence-electron chi connectivity index (χ2n) is 4.40. The summed E-state index contributed by atoms with van der Waals surface area (Å²) in [6.45, 7) is 0. The molecule has 1 aliphatic carbocycles. The van der Waals surface area contributed by atoms with E-state index in [1.54, 1.807) is 18.2 Å². The third-order valence-electron chi connectivity index (χ3n) is 3.28. The zero-order chi connectivity index (χ0) is 12.7. The van der Waals surface area contributed by atoms with Crippen molar-refractivity contribution in [2.45, 2.75) is 6.42 Å². The van der Waals surface area contributed by atoms with Gasteiger partial charge in [-0.15, -0.1) is 0 Å². The molecule has 2 aromatic carbocycles. The molecule has 0 saturated heterocycles. The first-order chi connectivity index (χ1) is 8.66. The summed E-state index contributed by atoms with van der Waals surface area (Å²) >= 11 is 0. The number of rotatable bonds is 1. The van der Waals surface area contributed by atoms with E-state index in [0.717, 1.165) is 16.7 Å². The molecule has 0 radical (unpaired) electrons. The SMILES string of the molecule is NC(=O)c1ccc2c(c1)Cc1ccccc1C2=O. The predicted octanol–water partition coefficient (Wildman–Crippen LogP) is 1.92. The minimum Gasteiger partial charge on any atom is -0.366 e. The Bertz CT molecular complexity index is 674. The summed E-state index contributed by atoms with van der Waals surface area (Å²) in [5.41, 5.74) is 8.98. The Labute approximate surface area is 104 Å². The number of hydrogen-bond donors (Lipinski definition) is 1. The number of hydrogen-bond acceptors (Lipinski definition) is 2. The van der Waals surface area contributed by atoms with Crippen molar-refractivity contribution in [2.75, 3.05) is 0 Å². The van der Waals surface area contributed by atoms with Crippen LogP contribution in [-0.2, 0) is 6.42 Å². The molecule has 3 rings (SSSR count). The van der Waals surface area contributed by atoms with E-state index in [1.165, 1.54) is 0 Å². The van der Waals surface area contributed by atoms with Gasteiger partial charge in [-0.2, -0.15) is 0 Å². The van der Waals surface area contributed by atoms with Crippen molar-refractivity contribution in [3.63, 3.8) is 0 Å². The van der Waals surface area contributed by atoms with Crippen molar-refractivity contribution in [3.05, 3.63) is 70.3 Å². The Kier molecular flexibility index (Phi) is 2.27. The van der Waals surface area contributed by atoms with Crippen LogP contribution >= 0.6 is 0 Å². The quantitative estimate of drug-likeness (QED) is 0.702. The molecule has 0 unspecified atom stereocenters. The number of nitrogens with two attached hydrogens (primary N) is 1. The van der Waals surface area contributed by atoms with Crippen molar-refractivity contribution in [2.24, 2.45) is 5.73 Å². The molecule has 1 amide bonds. The fourth-order valence-corrected chi connectivity index (χ4v) is 2.36. The Morgan fingerprint density at radius 3 is 2.50 bits per heavy atom. The number of ketones is 1. The van der Waals surface area contributed by atoms with E-state index < -0.39 is 5.91 Å². The summed E-state index contributed by atoms with van der Waals surface area (Å²) in [5, 5.41) is 0. The highest BCUT2D eigenvalue weighted by Crippen LogP contribution is 2.27. The minimum atomic E-state index is -0.468. The van der Waals surface area contributed by atoms with Gasteiger partial charge < -0.3 is 5.73 Å². The lowest BCUT2D eigenvalue weighted by Crippen LogP contribution is -2.17. The van der Waals surface area contributed by atoms with Gasteiger partial charge in [0, 0.05) is 16.7 Å². The van der Waals surface area contributed by atoms with E-state index in [-0.39, 0.29) is 5.78 Å². The summed E-state index contributed by atoms with van der Waals surface area (Å²) in [7, 11) is 0. The second-order valence-corrected chi connectivity index (χ2v) is 4.40. The molecular formula is C15H11NO2. The molecule has 88 valence electrons. The maximum Gasteiger partial charge on any atom is 0.248 e. The maximum atomic E-state index is 12.3. The molecule has 3 heteroatoms. The molecule has 18 heavy (non-hydrogen) atoms. The first kappa shape index (κ1) is 10.7. The van der Waals surface area contributed by atoms with E-state index in [2.05, 4.69) is 0 Å². The van der Waals surface area contributed by atoms with Crippen LogP contribution in [0.15, 0.2) is 42.5 Å². The molecule has 0 fully saturated rings. The number of carbonyl (C=O) groups is 2. The van der Waals surface area contributed by atoms with Crippen LogP contribution in [0.4, 0.5) is 0 Å². The molecule has 1 aliphatic rings. The molecule has 0 atom stereocenters. The molecule has 2 N–H and O–H groups in total. The third-order valence-corrected chi connectivity index (χ3v) is 3.28. The molecule has 0 aromatic heterocycles. The summed E-state index contributed by atoms with van der Waals surface area (Å²) in [6.07, 6.45) is 0.665. The van der Waals surface area contributed by atoms with E-state index in [0.29, 0.717) is 17.5 Å². The molecule has 0 spiro atoms. The van der Waals surface area contributed by atoms with Gasteiger partial charge in [-0.25, -0.2) is 0 Å². The lowest BCUT2D eigenvalue weighted by atomic mass is 9.84. The van der Waals surface area contributed by atoms with Crippen molar-refractivity contribution in [1.82, 2.24) is 0 Å². The number of fused-ring (bicyclic) bond motifs is 2. The van der Waals surface area contributed by atoms with Gasteiger partial charge >= 0.3 is 0 Å². The van der Waals surface area contributed by atoms with E-state index in [4.69, 9.17) is 5.73 Å². The zero-order valence-corrected chi connectivity index (χ0v) is 9.64. The Hall–Kier alpha value is -2.42. The van der Waals surface area contributed by atoms with Crippen LogP contribution in [0.3, 0.4) is 0 Å². The predicted molar refractivity (Wildman–Crippen MR) is 67.6 cm³/mol. The largest absolute Gasteiger partial charge is 0.366 e. The molecule has 0 bridgehead atoms. The summed E-state index contributed by atoms with van der Waals surface area (Å²) < 4.78 is 0. The van der Waals surface area contributed by atoms with Gasteiger partial charge in [-0.05, 0) is 35.7 Å². The van der Waals surface area contributed by atoms with E-state index in [1.807, 2.05) is 24.3 Å². The fraction of sp³-hybridized carbons (Fsp3) is 0.0667. The number of amides is 1. The van der Waals surface area contributed by atoms with Gasteiger partial charge in [0.2, 0.25) is 5.91 Å². The summed E-state index contributed by atoms with van der Waals surface area (Å²) in [6, 6.07) is 12.6.